The molecule has 1 N–H and O–H groups in total. The normalized spacial score (nSPS) is 13.2. The standard InChI is InChI=1S/C10H23NO/c1-4-7-11-8-6-9-12-10(3)5-2/h10-11H,4-9H2,1-3H3. The van der Waals surface area contributed by atoms with Gasteiger partial charge in [-0.15, -0.1) is 0 Å². The van der Waals surface area contributed by atoms with Gasteiger partial charge >= 0.3 is 0 Å². The van der Waals surface area contributed by atoms with Crippen LogP contribution in [0.1, 0.15) is 40.0 Å². The van der Waals surface area contributed by atoms with Crippen molar-refractivity contribution in [3.05, 3.63) is 0 Å². The number of hydrogen-bond donors (Lipinski definition) is 1. The molecule has 2 heteroatoms. The Labute approximate surface area is 76.7 Å². The Bertz CT molecular complexity index is 85.9. The molecule has 0 bridgehead atoms. The van der Waals surface area contributed by atoms with E-state index in [1.54, 1.807) is 0 Å². The van der Waals surface area contributed by atoms with E-state index in [-0.39, 0.29) is 0 Å². The molecule has 12 heavy (non-hydrogen) atoms. The largest absolute Gasteiger partial charge is 0.378 e. The molecule has 0 aromatic heterocycles. The maximum Gasteiger partial charge on any atom is 0.0544 e. The van der Waals surface area contributed by atoms with Gasteiger partial charge in [0, 0.05) is 6.61 Å². The van der Waals surface area contributed by atoms with Gasteiger partial charge in [-0.25, -0.2) is 0 Å². The van der Waals surface area contributed by atoms with Gasteiger partial charge in [0.25, 0.3) is 0 Å². The molecule has 0 aliphatic carbocycles. The lowest BCUT2D eigenvalue weighted by atomic mass is 10.3. The summed E-state index contributed by atoms with van der Waals surface area (Å²) in [6.45, 7) is 9.57. The van der Waals surface area contributed by atoms with Gasteiger partial charge in [-0.05, 0) is 39.3 Å². The highest BCUT2D eigenvalue weighted by Crippen LogP contribution is 1.95. The third-order valence-corrected chi connectivity index (χ3v) is 1.90. The van der Waals surface area contributed by atoms with Gasteiger partial charge in [0.15, 0.2) is 0 Å². The lowest BCUT2D eigenvalue weighted by molar-refractivity contribution is 0.0621. The molecule has 0 aliphatic heterocycles. The van der Waals surface area contributed by atoms with Crippen LogP contribution in [0.2, 0.25) is 0 Å². The fourth-order valence-corrected chi connectivity index (χ4v) is 0.901. The summed E-state index contributed by atoms with van der Waals surface area (Å²) in [5.74, 6) is 0. The molecule has 1 unspecified atom stereocenters. The Kier molecular flexibility index (Phi) is 8.95. The number of rotatable bonds is 8. The van der Waals surface area contributed by atoms with E-state index in [4.69, 9.17) is 4.74 Å². The summed E-state index contributed by atoms with van der Waals surface area (Å²) in [7, 11) is 0. The molecule has 1 atom stereocenters. The molecular formula is C10H23NO. The Morgan fingerprint density at radius 3 is 2.58 bits per heavy atom. The molecule has 0 spiro atoms. The van der Waals surface area contributed by atoms with Crippen LogP contribution in [0.5, 0.6) is 0 Å². The second-order valence-corrected chi connectivity index (χ2v) is 3.19. The maximum absolute atomic E-state index is 5.53. The quantitative estimate of drug-likeness (QED) is 0.568. The van der Waals surface area contributed by atoms with Gasteiger partial charge in [-0.2, -0.15) is 0 Å². The summed E-state index contributed by atoms with van der Waals surface area (Å²) in [6, 6.07) is 0. The number of hydrogen-bond acceptors (Lipinski definition) is 2. The zero-order valence-corrected chi connectivity index (χ0v) is 8.73. The predicted molar refractivity (Wildman–Crippen MR) is 53.5 cm³/mol. The maximum atomic E-state index is 5.53. The average Bonchev–Trinajstić information content (AvgIpc) is 2.10. The zero-order valence-electron chi connectivity index (χ0n) is 8.73. The number of ether oxygens (including phenoxy) is 1. The minimum Gasteiger partial charge on any atom is -0.378 e. The summed E-state index contributed by atoms with van der Waals surface area (Å²) < 4.78 is 5.53. The van der Waals surface area contributed by atoms with Gasteiger partial charge in [-0.1, -0.05) is 13.8 Å². The third-order valence-electron chi connectivity index (χ3n) is 1.90. The smallest absolute Gasteiger partial charge is 0.0544 e. The van der Waals surface area contributed by atoms with Crippen LogP contribution in [0.25, 0.3) is 0 Å². The highest BCUT2D eigenvalue weighted by atomic mass is 16.5. The Morgan fingerprint density at radius 2 is 2.00 bits per heavy atom. The second kappa shape index (κ2) is 9.01. The van der Waals surface area contributed by atoms with E-state index in [9.17, 15) is 0 Å². The lowest BCUT2D eigenvalue weighted by Crippen LogP contribution is -2.18. The molecule has 0 fully saturated rings. The van der Waals surface area contributed by atoms with Crippen molar-refractivity contribution in [1.82, 2.24) is 5.32 Å². The van der Waals surface area contributed by atoms with E-state index >= 15 is 0 Å². The Balaban J connectivity index is 2.90. The van der Waals surface area contributed by atoms with Crippen molar-refractivity contribution in [3.8, 4) is 0 Å². The molecule has 0 heterocycles. The van der Waals surface area contributed by atoms with Crippen LogP contribution in [0.4, 0.5) is 0 Å². The monoisotopic (exact) mass is 173 g/mol. The molecule has 0 radical (unpaired) electrons. The van der Waals surface area contributed by atoms with Crippen molar-refractivity contribution in [2.45, 2.75) is 46.1 Å². The van der Waals surface area contributed by atoms with Crippen molar-refractivity contribution in [3.63, 3.8) is 0 Å². The first-order valence-corrected chi connectivity index (χ1v) is 5.13. The van der Waals surface area contributed by atoms with Gasteiger partial charge in [0.1, 0.15) is 0 Å². The van der Waals surface area contributed by atoms with E-state index in [2.05, 4.69) is 26.1 Å². The van der Waals surface area contributed by atoms with Crippen LogP contribution < -0.4 is 5.32 Å². The summed E-state index contributed by atoms with van der Waals surface area (Å²) in [5.41, 5.74) is 0. The van der Waals surface area contributed by atoms with Crippen LogP contribution in [0.3, 0.4) is 0 Å². The van der Waals surface area contributed by atoms with Gasteiger partial charge < -0.3 is 10.1 Å². The van der Waals surface area contributed by atoms with Gasteiger partial charge in [-0.3, -0.25) is 0 Å². The Hall–Kier alpha value is -0.0800. The molecular weight excluding hydrogens is 150 g/mol. The van der Waals surface area contributed by atoms with E-state index in [1.165, 1.54) is 6.42 Å². The SMILES string of the molecule is CCCNCCCOC(C)CC. The average molecular weight is 173 g/mol. The zero-order chi connectivity index (χ0) is 9.23. The van der Waals surface area contributed by atoms with Crippen LogP contribution in [0, 0.1) is 0 Å². The lowest BCUT2D eigenvalue weighted by Gasteiger charge is -2.10. The molecule has 0 rings (SSSR count). The summed E-state index contributed by atoms with van der Waals surface area (Å²) in [5, 5.41) is 3.35. The molecule has 0 aromatic carbocycles. The summed E-state index contributed by atoms with van der Waals surface area (Å²) in [6.07, 6.45) is 3.88. The molecule has 2 nitrogen and oxygen atoms in total. The van der Waals surface area contributed by atoms with Crippen molar-refractivity contribution in [2.75, 3.05) is 19.7 Å². The van der Waals surface area contributed by atoms with Crippen LogP contribution in [-0.2, 0) is 4.74 Å². The molecule has 0 saturated carbocycles. The van der Waals surface area contributed by atoms with Gasteiger partial charge in [0.2, 0.25) is 0 Å². The highest BCUT2D eigenvalue weighted by Gasteiger charge is 1.96. The van der Waals surface area contributed by atoms with E-state index < -0.39 is 0 Å². The van der Waals surface area contributed by atoms with E-state index in [1.807, 2.05) is 0 Å². The predicted octanol–water partition coefficient (Wildman–Crippen LogP) is 2.19. The molecule has 0 aliphatic rings. The minimum atomic E-state index is 0.427. The first-order valence-electron chi connectivity index (χ1n) is 5.13. The summed E-state index contributed by atoms with van der Waals surface area (Å²) in [4.78, 5) is 0. The van der Waals surface area contributed by atoms with Crippen LogP contribution >= 0.6 is 0 Å². The summed E-state index contributed by atoms with van der Waals surface area (Å²) >= 11 is 0. The van der Waals surface area contributed by atoms with Crippen molar-refractivity contribution >= 4 is 0 Å². The van der Waals surface area contributed by atoms with Crippen molar-refractivity contribution in [1.29, 1.82) is 0 Å². The minimum absolute atomic E-state index is 0.427. The highest BCUT2D eigenvalue weighted by molar-refractivity contribution is 4.48. The topological polar surface area (TPSA) is 21.3 Å². The van der Waals surface area contributed by atoms with E-state index in [0.717, 1.165) is 32.5 Å². The van der Waals surface area contributed by atoms with Crippen LogP contribution in [-0.4, -0.2) is 25.8 Å². The van der Waals surface area contributed by atoms with Crippen molar-refractivity contribution in [2.24, 2.45) is 0 Å². The van der Waals surface area contributed by atoms with Crippen LogP contribution in [0.15, 0.2) is 0 Å². The molecule has 0 aromatic rings. The molecule has 0 amide bonds. The van der Waals surface area contributed by atoms with Crippen molar-refractivity contribution < 1.29 is 4.74 Å². The first-order chi connectivity index (χ1) is 5.81. The van der Waals surface area contributed by atoms with Gasteiger partial charge in [0.05, 0.1) is 6.10 Å². The third kappa shape index (κ3) is 8.02. The first kappa shape index (κ1) is 11.9. The van der Waals surface area contributed by atoms with E-state index in [0.29, 0.717) is 6.10 Å². The Morgan fingerprint density at radius 1 is 1.25 bits per heavy atom. The second-order valence-electron chi connectivity index (χ2n) is 3.19. The number of nitrogens with one attached hydrogen (secondary N) is 1. The molecule has 74 valence electrons. The fraction of sp³-hybridized carbons (Fsp3) is 1.00. The fourth-order valence-electron chi connectivity index (χ4n) is 0.901. The molecule has 0 saturated heterocycles.